The third-order valence-corrected chi connectivity index (χ3v) is 2.41. The van der Waals surface area contributed by atoms with Gasteiger partial charge in [-0.2, -0.15) is 5.10 Å². The van der Waals surface area contributed by atoms with Gasteiger partial charge in [-0.05, 0) is 12.5 Å². The molecule has 0 aliphatic carbocycles. The minimum atomic E-state index is 0.664. The molecule has 1 aromatic rings. The molecular formula is C10H20N4. The van der Waals surface area contributed by atoms with Gasteiger partial charge in [0.25, 0.3) is 0 Å². The van der Waals surface area contributed by atoms with Gasteiger partial charge in [-0.15, -0.1) is 0 Å². The molecule has 0 saturated heterocycles. The van der Waals surface area contributed by atoms with E-state index in [0.29, 0.717) is 5.92 Å². The molecule has 80 valence electrons. The molecule has 0 fully saturated rings. The molecule has 1 heterocycles. The van der Waals surface area contributed by atoms with E-state index in [1.165, 1.54) is 6.42 Å². The van der Waals surface area contributed by atoms with Gasteiger partial charge in [-0.25, -0.2) is 9.67 Å². The molecule has 0 radical (unpaired) electrons. The van der Waals surface area contributed by atoms with Crippen molar-refractivity contribution < 1.29 is 0 Å². The van der Waals surface area contributed by atoms with Crippen molar-refractivity contribution in [2.45, 2.75) is 40.3 Å². The van der Waals surface area contributed by atoms with Gasteiger partial charge in [-0.3, -0.25) is 0 Å². The molecule has 0 aliphatic heterocycles. The predicted molar refractivity (Wildman–Crippen MR) is 56.9 cm³/mol. The summed E-state index contributed by atoms with van der Waals surface area (Å²) >= 11 is 0. The molecule has 0 spiro atoms. The summed E-state index contributed by atoms with van der Waals surface area (Å²) in [5, 5.41) is 7.48. The quantitative estimate of drug-likeness (QED) is 0.748. The first kappa shape index (κ1) is 11.2. The van der Waals surface area contributed by atoms with Crippen LogP contribution in [-0.4, -0.2) is 21.3 Å². The van der Waals surface area contributed by atoms with Crippen molar-refractivity contribution >= 4 is 0 Å². The van der Waals surface area contributed by atoms with Crippen molar-refractivity contribution in [3.8, 4) is 0 Å². The maximum absolute atomic E-state index is 4.23. The average molecular weight is 196 g/mol. The van der Waals surface area contributed by atoms with E-state index in [2.05, 4.69) is 36.2 Å². The van der Waals surface area contributed by atoms with Crippen LogP contribution >= 0.6 is 0 Å². The summed E-state index contributed by atoms with van der Waals surface area (Å²) in [5.74, 6) is 1.70. The van der Waals surface area contributed by atoms with Crippen molar-refractivity contribution in [3.63, 3.8) is 0 Å². The molecule has 0 saturated carbocycles. The zero-order valence-corrected chi connectivity index (χ0v) is 9.32. The van der Waals surface area contributed by atoms with E-state index in [0.717, 1.165) is 25.5 Å². The van der Waals surface area contributed by atoms with E-state index < -0.39 is 0 Å². The van der Waals surface area contributed by atoms with Gasteiger partial charge < -0.3 is 5.32 Å². The zero-order chi connectivity index (χ0) is 10.4. The van der Waals surface area contributed by atoms with Crippen molar-refractivity contribution in [2.75, 3.05) is 6.54 Å². The molecule has 14 heavy (non-hydrogen) atoms. The van der Waals surface area contributed by atoms with E-state index in [1.807, 2.05) is 4.68 Å². The molecule has 1 N–H and O–H groups in total. The second-order valence-electron chi connectivity index (χ2n) is 3.65. The first-order valence-electron chi connectivity index (χ1n) is 5.35. The lowest BCUT2D eigenvalue weighted by Gasteiger charge is -2.10. The Kier molecular flexibility index (Phi) is 4.59. The topological polar surface area (TPSA) is 42.7 Å². The van der Waals surface area contributed by atoms with Crippen LogP contribution in [0.4, 0.5) is 0 Å². The summed E-state index contributed by atoms with van der Waals surface area (Å²) in [7, 11) is 0. The number of hydrogen-bond acceptors (Lipinski definition) is 3. The van der Waals surface area contributed by atoms with E-state index >= 15 is 0 Å². The highest BCUT2D eigenvalue weighted by Gasteiger charge is 2.06. The van der Waals surface area contributed by atoms with Crippen molar-refractivity contribution in [1.29, 1.82) is 0 Å². The first-order valence-corrected chi connectivity index (χ1v) is 5.35. The zero-order valence-electron chi connectivity index (χ0n) is 9.32. The molecule has 4 nitrogen and oxygen atoms in total. The van der Waals surface area contributed by atoms with Gasteiger partial charge in [0.05, 0.1) is 6.54 Å². The second-order valence-corrected chi connectivity index (χ2v) is 3.65. The van der Waals surface area contributed by atoms with Crippen molar-refractivity contribution in [3.05, 3.63) is 12.2 Å². The van der Waals surface area contributed by atoms with Crippen LogP contribution in [0.1, 0.15) is 33.0 Å². The highest BCUT2D eigenvalue weighted by atomic mass is 15.3. The molecule has 1 rings (SSSR count). The molecule has 0 bridgehead atoms. The van der Waals surface area contributed by atoms with E-state index in [1.54, 1.807) is 6.33 Å². The molecule has 1 atom stereocenters. The Hall–Kier alpha value is -0.900. The summed E-state index contributed by atoms with van der Waals surface area (Å²) in [4.78, 5) is 4.23. The number of nitrogens with one attached hydrogen (secondary N) is 1. The molecule has 0 amide bonds. The highest BCUT2D eigenvalue weighted by molar-refractivity contribution is 4.83. The fourth-order valence-corrected chi connectivity index (χ4v) is 1.24. The van der Waals surface area contributed by atoms with E-state index in [-0.39, 0.29) is 0 Å². The molecular weight excluding hydrogens is 176 g/mol. The molecule has 0 aromatic carbocycles. The Morgan fingerprint density at radius 3 is 2.93 bits per heavy atom. The third-order valence-electron chi connectivity index (χ3n) is 2.41. The first-order chi connectivity index (χ1) is 6.77. The number of nitrogens with zero attached hydrogens (tertiary/aromatic N) is 3. The van der Waals surface area contributed by atoms with E-state index in [4.69, 9.17) is 0 Å². The van der Waals surface area contributed by atoms with Gasteiger partial charge in [0.2, 0.25) is 0 Å². The fraction of sp³-hybridized carbons (Fsp3) is 0.800. The van der Waals surface area contributed by atoms with Crippen LogP contribution in [0.5, 0.6) is 0 Å². The van der Waals surface area contributed by atoms with Crippen LogP contribution in [0.3, 0.4) is 0 Å². The van der Waals surface area contributed by atoms with Crippen molar-refractivity contribution in [1.82, 2.24) is 20.1 Å². The van der Waals surface area contributed by atoms with Crippen LogP contribution in [0, 0.1) is 5.92 Å². The van der Waals surface area contributed by atoms with Crippen LogP contribution in [0.25, 0.3) is 0 Å². The summed E-state index contributed by atoms with van der Waals surface area (Å²) in [5.41, 5.74) is 0. The monoisotopic (exact) mass is 196 g/mol. The Bertz CT molecular complexity index is 256. The lowest BCUT2D eigenvalue weighted by molar-refractivity contribution is 0.422. The van der Waals surface area contributed by atoms with Gasteiger partial charge in [0.1, 0.15) is 12.2 Å². The van der Waals surface area contributed by atoms with Crippen LogP contribution in [-0.2, 0) is 13.1 Å². The second kappa shape index (κ2) is 5.75. The average Bonchev–Trinajstić information content (AvgIpc) is 2.62. The van der Waals surface area contributed by atoms with Gasteiger partial charge >= 0.3 is 0 Å². The third kappa shape index (κ3) is 3.10. The minimum absolute atomic E-state index is 0.664. The standard InChI is InChI=1S/C10H20N4/c1-4-9(3)7-14-10(6-11-5-2)12-8-13-14/h8-9,11H,4-7H2,1-3H3. The minimum Gasteiger partial charge on any atom is -0.310 e. The Morgan fingerprint density at radius 2 is 2.29 bits per heavy atom. The smallest absolute Gasteiger partial charge is 0.140 e. The predicted octanol–water partition coefficient (Wildman–Crippen LogP) is 1.43. The SMILES string of the molecule is CCNCc1ncnn1CC(C)CC. The van der Waals surface area contributed by atoms with E-state index in [9.17, 15) is 0 Å². The fourth-order valence-electron chi connectivity index (χ4n) is 1.24. The maximum Gasteiger partial charge on any atom is 0.140 e. The number of hydrogen-bond donors (Lipinski definition) is 1. The number of rotatable bonds is 6. The van der Waals surface area contributed by atoms with Crippen LogP contribution < -0.4 is 5.32 Å². The Labute approximate surface area is 85.7 Å². The number of aromatic nitrogens is 3. The molecule has 1 unspecified atom stereocenters. The van der Waals surface area contributed by atoms with Crippen molar-refractivity contribution in [2.24, 2.45) is 5.92 Å². The summed E-state index contributed by atoms with van der Waals surface area (Å²) < 4.78 is 2.00. The van der Waals surface area contributed by atoms with Crippen LogP contribution in [0.2, 0.25) is 0 Å². The Morgan fingerprint density at radius 1 is 1.50 bits per heavy atom. The largest absolute Gasteiger partial charge is 0.310 e. The Balaban J connectivity index is 2.53. The summed E-state index contributed by atoms with van der Waals surface area (Å²) in [6.45, 7) is 9.28. The lowest BCUT2D eigenvalue weighted by Crippen LogP contribution is -2.18. The summed E-state index contributed by atoms with van der Waals surface area (Å²) in [6.07, 6.45) is 2.82. The van der Waals surface area contributed by atoms with Gasteiger partial charge in [0, 0.05) is 6.54 Å². The highest BCUT2D eigenvalue weighted by Crippen LogP contribution is 2.05. The molecule has 4 heteroatoms. The van der Waals surface area contributed by atoms with Gasteiger partial charge in [-0.1, -0.05) is 27.2 Å². The summed E-state index contributed by atoms with van der Waals surface area (Å²) in [6, 6.07) is 0. The molecule has 1 aromatic heterocycles. The molecule has 0 aliphatic rings. The normalized spacial score (nSPS) is 13.1. The maximum atomic E-state index is 4.23. The van der Waals surface area contributed by atoms with Crippen LogP contribution in [0.15, 0.2) is 6.33 Å². The van der Waals surface area contributed by atoms with Gasteiger partial charge in [0.15, 0.2) is 0 Å². The lowest BCUT2D eigenvalue weighted by atomic mass is 10.1.